The Bertz CT molecular complexity index is 359. The Balaban J connectivity index is 2.57. The van der Waals surface area contributed by atoms with Gasteiger partial charge in [-0.3, -0.25) is 0 Å². The molecule has 0 fully saturated rings. The molecule has 0 saturated carbocycles. The summed E-state index contributed by atoms with van der Waals surface area (Å²) in [6, 6.07) is 0. The second-order valence-corrected chi connectivity index (χ2v) is 3.73. The van der Waals surface area contributed by atoms with Crippen LogP contribution >= 0.6 is 0 Å². The predicted molar refractivity (Wildman–Crippen MR) is 68.7 cm³/mol. The molecule has 0 aromatic heterocycles. The zero-order chi connectivity index (χ0) is 11.1. The van der Waals surface area contributed by atoms with Crippen molar-refractivity contribution < 1.29 is 0 Å². The molecule has 0 heteroatoms. The largest absolute Gasteiger partial charge is 0.0955 e. The maximum absolute atomic E-state index is 3.91. The van der Waals surface area contributed by atoms with E-state index in [0.29, 0.717) is 0 Å². The lowest BCUT2D eigenvalue weighted by Crippen LogP contribution is -1.76. The Morgan fingerprint density at radius 2 is 2.13 bits per heavy atom. The molecule has 0 bridgehead atoms. The maximum atomic E-state index is 3.91. The zero-order valence-electron chi connectivity index (χ0n) is 9.37. The van der Waals surface area contributed by atoms with Crippen LogP contribution in [-0.2, 0) is 0 Å². The molecule has 1 rings (SSSR count). The standard InChI is InChI=1S/C15H18/c1-13(2)14(3)9-8-12-15-10-6-4-5-7-11-15/h4-6,8-10,12H,1,3,7,11H2,2H3/b9-8-,15-12-. The minimum atomic E-state index is 0.988. The summed E-state index contributed by atoms with van der Waals surface area (Å²) < 4.78 is 0. The van der Waals surface area contributed by atoms with Crippen molar-refractivity contribution in [1.82, 2.24) is 0 Å². The summed E-state index contributed by atoms with van der Waals surface area (Å²) >= 11 is 0. The highest BCUT2D eigenvalue weighted by molar-refractivity contribution is 5.37. The van der Waals surface area contributed by atoms with Gasteiger partial charge in [-0.25, -0.2) is 0 Å². The van der Waals surface area contributed by atoms with E-state index in [-0.39, 0.29) is 0 Å². The van der Waals surface area contributed by atoms with E-state index in [2.05, 4.69) is 43.5 Å². The van der Waals surface area contributed by atoms with E-state index in [9.17, 15) is 0 Å². The van der Waals surface area contributed by atoms with Crippen LogP contribution in [0.15, 0.2) is 72.4 Å². The van der Waals surface area contributed by atoms with Gasteiger partial charge in [0, 0.05) is 0 Å². The third-order valence-electron chi connectivity index (χ3n) is 2.31. The van der Waals surface area contributed by atoms with E-state index >= 15 is 0 Å². The SMILES string of the molecule is C=C(C)C(=C)/C=C\C=C1\C=CC=CCC1. The van der Waals surface area contributed by atoms with Gasteiger partial charge in [0.05, 0.1) is 0 Å². The Kier molecular flexibility index (Phi) is 4.62. The van der Waals surface area contributed by atoms with Crippen LogP contribution in [0.3, 0.4) is 0 Å². The molecule has 0 spiro atoms. The number of rotatable bonds is 3. The lowest BCUT2D eigenvalue weighted by Gasteiger charge is -1.96. The van der Waals surface area contributed by atoms with Gasteiger partial charge in [0.2, 0.25) is 0 Å². The van der Waals surface area contributed by atoms with Crippen molar-refractivity contribution in [2.45, 2.75) is 19.8 Å². The first kappa shape index (κ1) is 11.5. The molecule has 0 aliphatic heterocycles. The fraction of sp³-hybridized carbons (Fsp3) is 0.200. The Labute approximate surface area is 92.7 Å². The van der Waals surface area contributed by atoms with Crippen LogP contribution in [0.25, 0.3) is 0 Å². The highest BCUT2D eigenvalue weighted by atomic mass is 14.0. The van der Waals surface area contributed by atoms with Crippen molar-refractivity contribution in [3.63, 3.8) is 0 Å². The number of hydrogen-bond acceptors (Lipinski definition) is 0. The van der Waals surface area contributed by atoms with Gasteiger partial charge < -0.3 is 0 Å². The molecule has 1 aliphatic carbocycles. The Morgan fingerprint density at radius 1 is 1.33 bits per heavy atom. The van der Waals surface area contributed by atoms with Crippen LogP contribution in [0, 0.1) is 0 Å². The predicted octanol–water partition coefficient (Wildman–Crippen LogP) is 4.51. The van der Waals surface area contributed by atoms with E-state index < -0.39 is 0 Å². The summed E-state index contributed by atoms with van der Waals surface area (Å²) in [6.45, 7) is 9.72. The maximum Gasteiger partial charge on any atom is -0.0244 e. The Morgan fingerprint density at radius 3 is 2.87 bits per heavy atom. The van der Waals surface area contributed by atoms with Gasteiger partial charge in [-0.05, 0) is 30.9 Å². The molecular weight excluding hydrogens is 180 g/mol. The van der Waals surface area contributed by atoms with Crippen molar-refractivity contribution in [3.8, 4) is 0 Å². The van der Waals surface area contributed by atoms with Crippen LogP contribution in [-0.4, -0.2) is 0 Å². The lowest BCUT2D eigenvalue weighted by molar-refractivity contribution is 1.01. The fourth-order valence-corrected chi connectivity index (χ4v) is 1.26. The molecule has 0 N–H and O–H groups in total. The molecule has 0 radical (unpaired) electrons. The van der Waals surface area contributed by atoms with Gasteiger partial charge in [-0.1, -0.05) is 61.3 Å². The van der Waals surface area contributed by atoms with Gasteiger partial charge in [0.1, 0.15) is 0 Å². The normalized spacial score (nSPS) is 18.3. The van der Waals surface area contributed by atoms with E-state index in [0.717, 1.165) is 24.0 Å². The molecule has 0 nitrogen and oxygen atoms in total. The lowest BCUT2D eigenvalue weighted by atomic mass is 10.1. The van der Waals surface area contributed by atoms with Crippen LogP contribution in [0.2, 0.25) is 0 Å². The molecule has 15 heavy (non-hydrogen) atoms. The van der Waals surface area contributed by atoms with E-state index in [4.69, 9.17) is 0 Å². The topological polar surface area (TPSA) is 0 Å². The van der Waals surface area contributed by atoms with Crippen LogP contribution in [0.5, 0.6) is 0 Å². The minimum absolute atomic E-state index is 0.988. The highest BCUT2D eigenvalue weighted by Crippen LogP contribution is 2.12. The smallest absolute Gasteiger partial charge is 0.0244 e. The fourth-order valence-electron chi connectivity index (χ4n) is 1.26. The van der Waals surface area contributed by atoms with Crippen molar-refractivity contribution in [1.29, 1.82) is 0 Å². The monoisotopic (exact) mass is 198 g/mol. The molecule has 78 valence electrons. The summed E-state index contributed by atoms with van der Waals surface area (Å²) in [5.41, 5.74) is 3.36. The van der Waals surface area contributed by atoms with Crippen molar-refractivity contribution in [3.05, 3.63) is 72.4 Å². The van der Waals surface area contributed by atoms with Crippen LogP contribution in [0.1, 0.15) is 19.8 Å². The first-order chi connectivity index (χ1) is 7.20. The van der Waals surface area contributed by atoms with Gasteiger partial charge >= 0.3 is 0 Å². The van der Waals surface area contributed by atoms with Crippen molar-refractivity contribution >= 4 is 0 Å². The summed E-state index contributed by atoms with van der Waals surface area (Å²) in [6.07, 6.45) is 16.9. The van der Waals surface area contributed by atoms with Gasteiger partial charge in [0.25, 0.3) is 0 Å². The summed E-state index contributed by atoms with van der Waals surface area (Å²) in [4.78, 5) is 0. The van der Waals surface area contributed by atoms with Crippen molar-refractivity contribution in [2.75, 3.05) is 0 Å². The first-order valence-electron chi connectivity index (χ1n) is 5.25. The zero-order valence-corrected chi connectivity index (χ0v) is 9.37. The van der Waals surface area contributed by atoms with E-state index in [1.165, 1.54) is 5.57 Å². The molecule has 1 aliphatic rings. The average molecular weight is 198 g/mol. The van der Waals surface area contributed by atoms with Crippen LogP contribution < -0.4 is 0 Å². The summed E-state index contributed by atoms with van der Waals surface area (Å²) in [7, 11) is 0. The van der Waals surface area contributed by atoms with Gasteiger partial charge in [-0.15, -0.1) is 0 Å². The summed E-state index contributed by atoms with van der Waals surface area (Å²) in [5, 5.41) is 0. The second-order valence-electron chi connectivity index (χ2n) is 3.73. The van der Waals surface area contributed by atoms with E-state index in [1.807, 2.05) is 19.1 Å². The molecule has 0 amide bonds. The molecule has 0 aromatic rings. The third kappa shape index (κ3) is 4.46. The number of allylic oxidation sites excluding steroid dienone is 10. The molecule has 0 aromatic carbocycles. The van der Waals surface area contributed by atoms with Crippen LogP contribution in [0.4, 0.5) is 0 Å². The second kappa shape index (κ2) is 6.02. The number of hydrogen-bond donors (Lipinski definition) is 0. The Hall–Kier alpha value is -1.56. The van der Waals surface area contributed by atoms with Gasteiger partial charge in [-0.2, -0.15) is 0 Å². The molecule has 0 atom stereocenters. The molecular formula is C15H18. The molecule has 0 heterocycles. The third-order valence-corrected chi connectivity index (χ3v) is 2.31. The van der Waals surface area contributed by atoms with E-state index in [1.54, 1.807) is 0 Å². The quantitative estimate of drug-likeness (QED) is 0.585. The van der Waals surface area contributed by atoms with Crippen molar-refractivity contribution in [2.24, 2.45) is 0 Å². The summed E-state index contributed by atoms with van der Waals surface area (Å²) in [5.74, 6) is 0. The molecule has 0 unspecified atom stereocenters. The molecule has 0 saturated heterocycles. The average Bonchev–Trinajstić information content (AvgIpc) is 2.46. The highest BCUT2D eigenvalue weighted by Gasteiger charge is 1.92. The minimum Gasteiger partial charge on any atom is -0.0955 e. The van der Waals surface area contributed by atoms with Gasteiger partial charge in [0.15, 0.2) is 0 Å². The first-order valence-corrected chi connectivity index (χ1v) is 5.25.